The van der Waals surface area contributed by atoms with Crippen LogP contribution in [0.5, 0.6) is 5.75 Å². The number of nitrogens with one attached hydrogen (secondary N) is 3. The van der Waals surface area contributed by atoms with Crippen LogP contribution in [0.1, 0.15) is 41.4 Å². The monoisotopic (exact) mass is 495 g/mol. The number of hydrogen-bond acceptors (Lipinski definition) is 5. The van der Waals surface area contributed by atoms with Gasteiger partial charge >= 0.3 is 5.97 Å². The third-order valence-electron chi connectivity index (χ3n) is 5.26. The average Bonchev–Trinajstić information content (AvgIpc) is 2.90. The van der Waals surface area contributed by atoms with Crippen LogP contribution in [0.4, 0.5) is 17.1 Å². The molecular weight excluding hydrogens is 474 g/mol. The fraction of sp³-hybridized carbons (Fsp3) is 0. The summed E-state index contributed by atoms with van der Waals surface area (Å²) >= 11 is 0. The number of carboxylic acids is 1. The van der Waals surface area contributed by atoms with E-state index in [1.165, 1.54) is 30.3 Å². The number of carboxylic acid groups (broad SMARTS) is 1. The van der Waals surface area contributed by atoms with Gasteiger partial charge in [-0.05, 0) is 60.7 Å². The van der Waals surface area contributed by atoms with Gasteiger partial charge in [0.2, 0.25) is 0 Å². The second-order valence-electron chi connectivity index (χ2n) is 7.93. The Morgan fingerprint density at radius 2 is 1.03 bits per heavy atom. The molecule has 0 aromatic heterocycles. The number of benzene rings is 4. The molecule has 0 fully saturated rings. The molecule has 0 saturated heterocycles. The van der Waals surface area contributed by atoms with Crippen molar-refractivity contribution in [1.29, 1.82) is 0 Å². The van der Waals surface area contributed by atoms with Crippen LogP contribution in [0.3, 0.4) is 0 Å². The van der Waals surface area contributed by atoms with Crippen molar-refractivity contribution < 1.29 is 29.4 Å². The van der Waals surface area contributed by atoms with E-state index in [-0.39, 0.29) is 33.9 Å². The van der Waals surface area contributed by atoms with Crippen molar-refractivity contribution in [1.82, 2.24) is 0 Å². The summed E-state index contributed by atoms with van der Waals surface area (Å²) in [5.74, 6) is -3.16. The van der Waals surface area contributed by atoms with Gasteiger partial charge in [0, 0.05) is 28.1 Å². The Hall–Kier alpha value is -5.44. The Bertz CT molecular complexity index is 1420. The first kappa shape index (κ1) is 24.7. The van der Waals surface area contributed by atoms with E-state index in [9.17, 15) is 29.4 Å². The summed E-state index contributed by atoms with van der Waals surface area (Å²) in [4.78, 5) is 50.1. The van der Waals surface area contributed by atoms with Gasteiger partial charge in [0.25, 0.3) is 17.7 Å². The molecule has 9 nitrogen and oxygen atoms in total. The van der Waals surface area contributed by atoms with Crippen LogP contribution in [0.15, 0.2) is 97.1 Å². The number of anilines is 3. The molecule has 0 aliphatic carbocycles. The van der Waals surface area contributed by atoms with Gasteiger partial charge in [-0.15, -0.1) is 0 Å². The summed E-state index contributed by atoms with van der Waals surface area (Å²) in [7, 11) is 0. The smallest absolute Gasteiger partial charge is 0.337 e. The summed E-state index contributed by atoms with van der Waals surface area (Å²) in [6, 6.07) is 24.7. The summed E-state index contributed by atoms with van der Waals surface area (Å²) in [5.41, 5.74) is 0.940. The number of aromatic carboxylic acids is 1. The summed E-state index contributed by atoms with van der Waals surface area (Å²) < 4.78 is 0. The molecule has 0 bridgehead atoms. The number of carbonyl (C=O) groups excluding carboxylic acids is 3. The molecule has 0 spiro atoms. The zero-order valence-corrected chi connectivity index (χ0v) is 19.3. The SMILES string of the molecule is O=C(Nc1cc(NC(=O)c2ccccc2)cc(C(=O)Nc2ccc(O)cc2C(=O)O)c1)c1ccccc1. The van der Waals surface area contributed by atoms with Crippen LogP contribution < -0.4 is 16.0 Å². The first-order chi connectivity index (χ1) is 17.8. The van der Waals surface area contributed by atoms with E-state index in [0.29, 0.717) is 11.1 Å². The highest BCUT2D eigenvalue weighted by Gasteiger charge is 2.17. The normalized spacial score (nSPS) is 10.3. The summed E-state index contributed by atoms with van der Waals surface area (Å²) in [6.45, 7) is 0. The zero-order chi connectivity index (χ0) is 26.4. The van der Waals surface area contributed by atoms with Gasteiger partial charge < -0.3 is 26.2 Å². The molecule has 37 heavy (non-hydrogen) atoms. The van der Waals surface area contributed by atoms with Gasteiger partial charge in [0.15, 0.2) is 0 Å². The van der Waals surface area contributed by atoms with Gasteiger partial charge in [-0.1, -0.05) is 36.4 Å². The molecule has 0 radical (unpaired) electrons. The first-order valence-electron chi connectivity index (χ1n) is 11.1. The van der Waals surface area contributed by atoms with Crippen molar-refractivity contribution in [2.75, 3.05) is 16.0 Å². The molecule has 0 heterocycles. The number of phenols is 1. The number of rotatable bonds is 7. The first-order valence-corrected chi connectivity index (χ1v) is 11.1. The predicted molar refractivity (Wildman–Crippen MR) is 138 cm³/mol. The Morgan fingerprint density at radius 3 is 1.51 bits per heavy atom. The molecule has 0 aliphatic rings. The number of aromatic hydroxyl groups is 1. The van der Waals surface area contributed by atoms with E-state index in [1.54, 1.807) is 60.7 Å². The summed E-state index contributed by atoms with van der Waals surface area (Å²) in [5, 5.41) is 27.0. The van der Waals surface area contributed by atoms with Crippen LogP contribution in [0.2, 0.25) is 0 Å². The van der Waals surface area contributed by atoms with Crippen LogP contribution in [0.25, 0.3) is 0 Å². The molecule has 4 aromatic carbocycles. The Kier molecular flexibility index (Phi) is 7.25. The molecule has 0 aliphatic heterocycles. The van der Waals surface area contributed by atoms with Gasteiger partial charge in [-0.25, -0.2) is 4.79 Å². The third kappa shape index (κ3) is 6.17. The molecule has 3 amide bonds. The number of hydrogen-bond donors (Lipinski definition) is 5. The quantitative estimate of drug-likeness (QED) is 0.232. The molecule has 4 aromatic rings. The molecular formula is C28H21N3O6. The Labute approximate surface area is 211 Å². The average molecular weight is 495 g/mol. The molecule has 5 N–H and O–H groups in total. The lowest BCUT2D eigenvalue weighted by Gasteiger charge is -2.13. The number of carbonyl (C=O) groups is 4. The lowest BCUT2D eigenvalue weighted by atomic mass is 10.1. The lowest BCUT2D eigenvalue weighted by Crippen LogP contribution is -2.18. The maximum absolute atomic E-state index is 13.1. The van der Waals surface area contributed by atoms with E-state index < -0.39 is 23.7 Å². The van der Waals surface area contributed by atoms with Crippen molar-refractivity contribution in [3.05, 3.63) is 119 Å². The minimum absolute atomic E-state index is 0.0381. The van der Waals surface area contributed by atoms with Crippen LogP contribution in [-0.2, 0) is 0 Å². The van der Waals surface area contributed by atoms with E-state index in [4.69, 9.17) is 0 Å². The lowest BCUT2D eigenvalue weighted by molar-refractivity contribution is 0.0697. The van der Waals surface area contributed by atoms with Gasteiger partial charge in [-0.3, -0.25) is 14.4 Å². The van der Waals surface area contributed by atoms with Crippen LogP contribution in [0, 0.1) is 0 Å². The van der Waals surface area contributed by atoms with Crippen LogP contribution >= 0.6 is 0 Å². The van der Waals surface area contributed by atoms with Crippen molar-refractivity contribution >= 4 is 40.8 Å². The molecule has 0 unspecified atom stereocenters. The maximum Gasteiger partial charge on any atom is 0.337 e. The second-order valence-corrected chi connectivity index (χ2v) is 7.93. The van der Waals surface area contributed by atoms with E-state index in [2.05, 4.69) is 16.0 Å². The fourth-order valence-electron chi connectivity index (χ4n) is 3.50. The van der Waals surface area contributed by atoms with E-state index in [1.807, 2.05) is 0 Å². The zero-order valence-electron chi connectivity index (χ0n) is 19.3. The molecule has 9 heteroatoms. The second kappa shape index (κ2) is 10.9. The summed E-state index contributed by atoms with van der Waals surface area (Å²) in [6.07, 6.45) is 0. The fourth-order valence-corrected chi connectivity index (χ4v) is 3.50. The standard InChI is InChI=1S/C28H21N3O6/c32-22-11-12-24(23(16-22)28(36)37)31-27(35)19-13-20(29-25(33)17-7-3-1-4-8-17)15-21(14-19)30-26(34)18-9-5-2-6-10-18/h1-16,32H,(H,29,33)(H,30,34)(H,31,35)(H,36,37). The van der Waals surface area contributed by atoms with E-state index >= 15 is 0 Å². The topological polar surface area (TPSA) is 145 Å². The minimum atomic E-state index is -1.34. The highest BCUT2D eigenvalue weighted by Crippen LogP contribution is 2.25. The Balaban J connectivity index is 1.66. The molecule has 0 atom stereocenters. The van der Waals surface area contributed by atoms with Crippen molar-refractivity contribution in [2.24, 2.45) is 0 Å². The predicted octanol–water partition coefficient (Wildman–Crippen LogP) is 4.85. The maximum atomic E-state index is 13.1. The minimum Gasteiger partial charge on any atom is -0.508 e. The highest BCUT2D eigenvalue weighted by atomic mass is 16.4. The largest absolute Gasteiger partial charge is 0.508 e. The van der Waals surface area contributed by atoms with Gasteiger partial charge in [0.05, 0.1) is 11.3 Å². The molecule has 184 valence electrons. The van der Waals surface area contributed by atoms with Crippen LogP contribution in [-0.4, -0.2) is 33.9 Å². The Morgan fingerprint density at radius 1 is 0.541 bits per heavy atom. The van der Waals surface area contributed by atoms with Crippen molar-refractivity contribution in [2.45, 2.75) is 0 Å². The number of amides is 3. The number of phenolic OH excluding ortho intramolecular Hbond substituents is 1. The third-order valence-corrected chi connectivity index (χ3v) is 5.26. The van der Waals surface area contributed by atoms with E-state index in [0.717, 1.165) is 6.07 Å². The van der Waals surface area contributed by atoms with Gasteiger partial charge in [-0.2, -0.15) is 0 Å². The molecule has 0 saturated carbocycles. The molecule has 4 rings (SSSR count). The van der Waals surface area contributed by atoms with Crippen molar-refractivity contribution in [3.8, 4) is 5.75 Å². The highest BCUT2D eigenvalue weighted by molar-refractivity contribution is 6.11. The van der Waals surface area contributed by atoms with Crippen molar-refractivity contribution in [3.63, 3.8) is 0 Å². The van der Waals surface area contributed by atoms with Gasteiger partial charge in [0.1, 0.15) is 5.75 Å².